The Kier molecular flexibility index (Phi) is 8.24. The highest BCUT2D eigenvalue weighted by Crippen LogP contribution is 2.65. The van der Waals surface area contributed by atoms with E-state index in [0.717, 1.165) is 24.5 Å². The zero-order valence-electron chi connectivity index (χ0n) is 25.8. The summed E-state index contributed by atoms with van der Waals surface area (Å²) in [6.45, 7) is 14.5. The second kappa shape index (κ2) is 11.5. The molecule has 4 fully saturated rings. The molecule has 0 radical (unpaired) electrons. The van der Waals surface area contributed by atoms with Crippen molar-refractivity contribution in [3.8, 4) is 0 Å². The Hall–Kier alpha value is -1.62. The standard InChI is InChI=1S/C37H51NO2S/c1-6-41-25(2)38-21-7-8-26-9-11-27(12-10-26)31-23-36(5)32(15-16-33(36)39)30-14-13-28-22-37(18-17-29(28)34(30)31)20-19-35(3,4)24-40-37/h6-12,28,30-33,39H,1,13-24H2,2-5H3/b8-7+,38-25?. The number of allylic oxidation sites excluding steroid dienone is 2. The molecule has 5 aliphatic rings. The third-order valence-corrected chi connectivity index (χ3v) is 12.4. The highest BCUT2D eigenvalue weighted by atomic mass is 32.2. The van der Waals surface area contributed by atoms with E-state index in [1.807, 2.05) is 12.3 Å². The molecule has 7 atom stereocenters. The third-order valence-electron chi connectivity index (χ3n) is 11.8. The Bertz CT molecular complexity index is 1220. The molecule has 0 aromatic heterocycles. The fourth-order valence-electron chi connectivity index (χ4n) is 9.40. The lowest BCUT2D eigenvalue weighted by atomic mass is 9.51. The summed E-state index contributed by atoms with van der Waals surface area (Å²) in [7, 11) is 0. The summed E-state index contributed by atoms with van der Waals surface area (Å²) in [6, 6.07) is 9.33. The first-order chi connectivity index (χ1) is 19.6. The molecule has 1 spiro atoms. The Balaban J connectivity index is 1.27. The maximum Gasteiger partial charge on any atom is 0.0691 e. The Morgan fingerprint density at radius 1 is 1.07 bits per heavy atom. The van der Waals surface area contributed by atoms with Gasteiger partial charge >= 0.3 is 0 Å². The Labute approximate surface area is 253 Å². The molecule has 1 saturated heterocycles. The van der Waals surface area contributed by atoms with Crippen LogP contribution in [0, 0.1) is 28.6 Å². The maximum absolute atomic E-state index is 11.3. The van der Waals surface area contributed by atoms with Gasteiger partial charge < -0.3 is 9.84 Å². The van der Waals surface area contributed by atoms with Crippen molar-refractivity contribution < 1.29 is 9.84 Å². The Morgan fingerprint density at radius 3 is 2.61 bits per heavy atom. The van der Waals surface area contributed by atoms with Gasteiger partial charge in [-0.1, -0.05) is 86.7 Å². The number of nitrogens with zero attached hydrogens (tertiary/aromatic N) is 1. The average Bonchev–Trinajstić information content (AvgIpc) is 3.26. The van der Waals surface area contributed by atoms with Crippen molar-refractivity contribution in [1.29, 1.82) is 0 Å². The lowest BCUT2D eigenvalue weighted by Crippen LogP contribution is -2.49. The first kappa shape index (κ1) is 29.5. The van der Waals surface area contributed by atoms with Gasteiger partial charge in [-0.05, 0) is 116 Å². The Morgan fingerprint density at radius 2 is 1.88 bits per heavy atom. The summed E-state index contributed by atoms with van der Waals surface area (Å²) in [5, 5.41) is 14.1. The maximum atomic E-state index is 11.3. The molecule has 3 saturated carbocycles. The highest BCUT2D eigenvalue weighted by molar-refractivity contribution is 8.16. The van der Waals surface area contributed by atoms with Gasteiger partial charge in [0.25, 0.3) is 0 Å². The van der Waals surface area contributed by atoms with Gasteiger partial charge in [0.15, 0.2) is 0 Å². The fraction of sp³-hybridized carbons (Fsp3) is 0.649. The summed E-state index contributed by atoms with van der Waals surface area (Å²) >= 11 is 1.58. The molecule has 222 valence electrons. The number of fused-ring (bicyclic) bond motifs is 4. The molecule has 0 amide bonds. The van der Waals surface area contributed by atoms with Crippen LogP contribution in [0.5, 0.6) is 0 Å². The van der Waals surface area contributed by atoms with E-state index in [1.54, 1.807) is 22.9 Å². The van der Waals surface area contributed by atoms with Gasteiger partial charge in [-0.3, -0.25) is 4.99 Å². The van der Waals surface area contributed by atoms with E-state index in [-0.39, 0.29) is 17.1 Å². The largest absolute Gasteiger partial charge is 0.393 e. The fourth-order valence-corrected chi connectivity index (χ4v) is 9.79. The molecule has 3 nitrogen and oxygen atoms in total. The molecule has 1 N–H and O–H groups in total. The van der Waals surface area contributed by atoms with Crippen LogP contribution in [0.4, 0.5) is 0 Å². The molecule has 6 rings (SSSR count). The van der Waals surface area contributed by atoms with Gasteiger partial charge in [-0.2, -0.15) is 0 Å². The van der Waals surface area contributed by atoms with Crippen LogP contribution in [0.15, 0.2) is 58.5 Å². The molecule has 1 aromatic carbocycles. The van der Waals surface area contributed by atoms with Crippen LogP contribution in [0.1, 0.15) is 109 Å². The number of hydrogen-bond donors (Lipinski definition) is 1. The zero-order valence-corrected chi connectivity index (χ0v) is 26.6. The van der Waals surface area contributed by atoms with Gasteiger partial charge in [0, 0.05) is 5.92 Å². The van der Waals surface area contributed by atoms with Crippen molar-refractivity contribution in [1.82, 2.24) is 0 Å². The van der Waals surface area contributed by atoms with Crippen LogP contribution < -0.4 is 0 Å². The van der Waals surface area contributed by atoms with Crippen molar-refractivity contribution >= 4 is 22.9 Å². The SMILES string of the molecule is C=CSC(C)=NC/C=C/c1ccc(C2CC3(C)C(O)CCC3C3CCC4CC5(CCC4=C23)CCC(C)(C)CO5)cc1. The van der Waals surface area contributed by atoms with E-state index in [2.05, 4.69) is 68.8 Å². The summed E-state index contributed by atoms with van der Waals surface area (Å²) in [5.41, 5.74) is 6.72. The van der Waals surface area contributed by atoms with E-state index < -0.39 is 0 Å². The first-order valence-electron chi connectivity index (χ1n) is 16.2. The van der Waals surface area contributed by atoms with Crippen molar-refractivity contribution in [3.63, 3.8) is 0 Å². The predicted molar refractivity (Wildman–Crippen MR) is 174 cm³/mol. The van der Waals surface area contributed by atoms with Crippen LogP contribution in [-0.4, -0.2) is 35.0 Å². The van der Waals surface area contributed by atoms with E-state index in [0.29, 0.717) is 35.6 Å². The minimum atomic E-state index is -0.168. The number of ether oxygens (including phenoxy) is 1. The van der Waals surface area contributed by atoms with Gasteiger partial charge in [0.1, 0.15) is 0 Å². The number of aliphatic imine (C=N–C) groups is 1. The van der Waals surface area contributed by atoms with E-state index >= 15 is 0 Å². The van der Waals surface area contributed by atoms with Crippen molar-refractivity contribution in [3.05, 3.63) is 64.6 Å². The number of rotatable bonds is 5. The molecule has 41 heavy (non-hydrogen) atoms. The third kappa shape index (κ3) is 5.70. The molecular weight excluding hydrogens is 522 g/mol. The predicted octanol–water partition coefficient (Wildman–Crippen LogP) is 9.34. The van der Waals surface area contributed by atoms with Crippen molar-refractivity contribution in [2.24, 2.45) is 33.6 Å². The van der Waals surface area contributed by atoms with Gasteiger partial charge in [0.2, 0.25) is 0 Å². The number of thioether (sulfide) groups is 1. The van der Waals surface area contributed by atoms with Gasteiger partial charge in [0.05, 0.1) is 29.9 Å². The van der Waals surface area contributed by atoms with Crippen LogP contribution in [0.3, 0.4) is 0 Å². The second-order valence-electron chi connectivity index (χ2n) is 14.9. The molecular formula is C37H51NO2S. The van der Waals surface area contributed by atoms with E-state index in [4.69, 9.17) is 4.74 Å². The van der Waals surface area contributed by atoms with Gasteiger partial charge in [-0.15, -0.1) is 0 Å². The lowest BCUT2D eigenvalue weighted by molar-refractivity contribution is -0.144. The average molecular weight is 574 g/mol. The van der Waals surface area contributed by atoms with Gasteiger partial charge in [-0.25, -0.2) is 0 Å². The number of hydrogen-bond acceptors (Lipinski definition) is 4. The van der Waals surface area contributed by atoms with Crippen LogP contribution in [0.2, 0.25) is 0 Å². The lowest BCUT2D eigenvalue weighted by Gasteiger charge is -2.55. The number of aliphatic hydroxyl groups excluding tert-OH is 1. The number of aliphatic hydroxyl groups is 1. The summed E-state index contributed by atoms with van der Waals surface area (Å²) in [5.74, 6) is 2.37. The van der Waals surface area contributed by atoms with Crippen molar-refractivity contribution in [2.45, 2.75) is 110 Å². The van der Waals surface area contributed by atoms with Crippen molar-refractivity contribution in [2.75, 3.05) is 13.2 Å². The smallest absolute Gasteiger partial charge is 0.0691 e. The molecule has 0 bridgehead atoms. The second-order valence-corrected chi connectivity index (χ2v) is 16.0. The highest BCUT2D eigenvalue weighted by Gasteiger charge is 2.57. The first-order valence-corrected chi connectivity index (χ1v) is 17.1. The molecule has 4 heteroatoms. The molecule has 1 aliphatic heterocycles. The molecule has 4 aliphatic carbocycles. The zero-order chi connectivity index (χ0) is 28.8. The van der Waals surface area contributed by atoms with E-state index in [9.17, 15) is 5.11 Å². The normalized spacial score (nSPS) is 38.6. The monoisotopic (exact) mass is 573 g/mol. The quantitative estimate of drug-likeness (QED) is 0.217. The van der Waals surface area contributed by atoms with Crippen LogP contribution in [0.25, 0.3) is 6.08 Å². The summed E-state index contributed by atoms with van der Waals surface area (Å²) < 4.78 is 6.72. The summed E-state index contributed by atoms with van der Waals surface area (Å²) in [4.78, 5) is 4.57. The van der Waals surface area contributed by atoms with Crippen LogP contribution in [-0.2, 0) is 4.74 Å². The number of benzene rings is 1. The minimum absolute atomic E-state index is 0.0259. The summed E-state index contributed by atoms with van der Waals surface area (Å²) in [6.07, 6.45) is 16.2. The van der Waals surface area contributed by atoms with Crippen LogP contribution >= 0.6 is 11.8 Å². The minimum Gasteiger partial charge on any atom is -0.393 e. The topological polar surface area (TPSA) is 41.8 Å². The molecule has 1 heterocycles. The molecule has 7 unspecified atom stereocenters. The van der Waals surface area contributed by atoms with E-state index in [1.165, 1.54) is 62.5 Å². The molecule has 1 aromatic rings.